The number of benzene rings is 1. The number of hydrogen-bond acceptors (Lipinski definition) is 2. The molecule has 5 nitrogen and oxygen atoms in total. The van der Waals surface area contributed by atoms with Crippen molar-refractivity contribution in [1.82, 2.24) is 4.90 Å². The molecular weight excluding hydrogens is 296 g/mol. The van der Waals surface area contributed by atoms with E-state index in [1.54, 1.807) is 5.32 Å². The van der Waals surface area contributed by atoms with E-state index in [1.807, 2.05) is 5.92 Å². The average Bonchev–Trinajstić information content (AvgIpc) is 2.40. The summed E-state index contributed by atoms with van der Waals surface area (Å²) in [6.07, 6.45) is 4.91. The number of aliphatic carboxylic acids is 1. The van der Waals surface area contributed by atoms with Crippen LogP contribution in [0.5, 0.6) is 0 Å². The molecule has 112 valence electrons. The normalized spacial score (nSPS) is 9.86. The van der Waals surface area contributed by atoms with E-state index in [0.717, 1.165) is 0 Å². The summed E-state index contributed by atoms with van der Waals surface area (Å²) < 4.78 is 52.6. The quantitative estimate of drug-likeness (QED) is 0.506. The molecule has 0 unspecified atom stereocenters. The Morgan fingerprint density at radius 1 is 1.24 bits per heavy atom. The number of rotatable bonds is 4. The molecule has 1 aromatic carbocycles. The number of urea groups is 1. The van der Waals surface area contributed by atoms with E-state index >= 15 is 0 Å². The Morgan fingerprint density at radius 3 is 2.19 bits per heavy atom. The Kier molecular flexibility index (Phi) is 5.12. The third-order valence-corrected chi connectivity index (χ3v) is 2.24. The maximum absolute atomic E-state index is 13.3. The highest BCUT2D eigenvalue weighted by Gasteiger charge is 2.23. The molecule has 0 aromatic heterocycles. The number of halogens is 4. The van der Waals surface area contributed by atoms with Crippen LogP contribution in [0.1, 0.15) is 0 Å². The zero-order chi connectivity index (χ0) is 16.2. The van der Waals surface area contributed by atoms with Gasteiger partial charge in [-0.05, 0) is 0 Å². The van der Waals surface area contributed by atoms with Gasteiger partial charge in [-0.25, -0.2) is 22.4 Å². The molecule has 1 aromatic rings. The SMILES string of the molecule is C#CCN(CC(=O)O)C(=O)Nc1c(F)c(F)cc(F)c1F. The Bertz CT molecular complexity index is 602. The maximum Gasteiger partial charge on any atom is 0.323 e. The summed E-state index contributed by atoms with van der Waals surface area (Å²) in [4.78, 5) is 22.7. The maximum atomic E-state index is 13.3. The van der Waals surface area contributed by atoms with E-state index in [9.17, 15) is 27.2 Å². The highest BCUT2D eigenvalue weighted by Crippen LogP contribution is 2.24. The van der Waals surface area contributed by atoms with Crippen molar-refractivity contribution < 1.29 is 32.3 Å². The van der Waals surface area contributed by atoms with Crippen molar-refractivity contribution in [3.05, 3.63) is 29.3 Å². The minimum atomic E-state index is -1.82. The van der Waals surface area contributed by atoms with Gasteiger partial charge >= 0.3 is 12.0 Å². The second-order valence-corrected chi connectivity index (χ2v) is 3.73. The van der Waals surface area contributed by atoms with Crippen LogP contribution in [0.25, 0.3) is 0 Å². The lowest BCUT2D eigenvalue weighted by atomic mass is 10.2. The molecular formula is C12H8F4N2O3. The third kappa shape index (κ3) is 3.85. The standard InChI is InChI=1S/C12H8F4N2O3/c1-2-3-18(5-8(19)20)12(21)17-11-9(15)6(13)4-7(14)10(11)16/h1,4H,3,5H2,(H,17,21)(H,19,20). The molecule has 0 aliphatic carbocycles. The molecule has 2 N–H and O–H groups in total. The molecule has 0 aliphatic rings. The van der Waals surface area contributed by atoms with Crippen LogP contribution in [0, 0.1) is 35.6 Å². The van der Waals surface area contributed by atoms with Gasteiger partial charge in [0.2, 0.25) is 0 Å². The first kappa shape index (κ1) is 16.3. The molecule has 0 atom stereocenters. The van der Waals surface area contributed by atoms with Crippen molar-refractivity contribution >= 4 is 17.7 Å². The lowest BCUT2D eigenvalue weighted by Crippen LogP contribution is -2.39. The fraction of sp³-hybridized carbons (Fsp3) is 0.167. The number of nitrogens with one attached hydrogen (secondary N) is 1. The van der Waals surface area contributed by atoms with Gasteiger partial charge in [-0.1, -0.05) is 5.92 Å². The van der Waals surface area contributed by atoms with Crippen LogP contribution in [-0.2, 0) is 4.79 Å². The smallest absolute Gasteiger partial charge is 0.323 e. The number of hydrogen-bond donors (Lipinski definition) is 2. The average molecular weight is 304 g/mol. The van der Waals surface area contributed by atoms with Crippen LogP contribution < -0.4 is 5.32 Å². The van der Waals surface area contributed by atoms with Gasteiger partial charge in [-0.15, -0.1) is 6.42 Å². The van der Waals surface area contributed by atoms with E-state index in [2.05, 4.69) is 0 Å². The molecule has 0 saturated heterocycles. The summed E-state index contributed by atoms with van der Waals surface area (Å²) in [5.41, 5.74) is -1.37. The number of carboxylic acid groups (broad SMARTS) is 1. The minimum absolute atomic E-state index is 0.0310. The van der Waals surface area contributed by atoms with Gasteiger partial charge < -0.3 is 15.3 Å². The molecule has 0 bridgehead atoms. The summed E-state index contributed by atoms with van der Waals surface area (Å²) in [5, 5.41) is 10.1. The predicted octanol–water partition coefficient (Wildman–Crippen LogP) is 1.79. The van der Waals surface area contributed by atoms with Gasteiger partial charge in [0.15, 0.2) is 23.3 Å². The Labute approximate surface area is 116 Å². The predicted molar refractivity (Wildman–Crippen MR) is 63.3 cm³/mol. The van der Waals surface area contributed by atoms with Gasteiger partial charge in [-0.3, -0.25) is 4.79 Å². The molecule has 1 rings (SSSR count). The molecule has 0 spiro atoms. The first-order chi connectivity index (χ1) is 9.77. The summed E-state index contributed by atoms with van der Waals surface area (Å²) in [7, 11) is 0. The third-order valence-electron chi connectivity index (χ3n) is 2.24. The second-order valence-electron chi connectivity index (χ2n) is 3.73. The van der Waals surface area contributed by atoms with Gasteiger partial charge in [0, 0.05) is 6.07 Å². The number of anilines is 1. The van der Waals surface area contributed by atoms with Gasteiger partial charge in [0.1, 0.15) is 12.2 Å². The van der Waals surface area contributed by atoms with Crippen LogP contribution in [0.2, 0.25) is 0 Å². The van der Waals surface area contributed by atoms with Gasteiger partial charge in [0.05, 0.1) is 6.54 Å². The number of carbonyl (C=O) groups excluding carboxylic acids is 1. The zero-order valence-corrected chi connectivity index (χ0v) is 10.3. The van der Waals surface area contributed by atoms with Gasteiger partial charge in [0.25, 0.3) is 0 Å². The summed E-state index contributed by atoms with van der Waals surface area (Å²) in [6, 6.07) is -1.35. The van der Waals surface area contributed by atoms with Crippen molar-refractivity contribution in [1.29, 1.82) is 0 Å². The van der Waals surface area contributed by atoms with Crippen LogP contribution in [0.15, 0.2) is 6.07 Å². The molecule has 2 amide bonds. The highest BCUT2D eigenvalue weighted by atomic mass is 19.2. The number of carboxylic acids is 1. The van der Waals surface area contributed by atoms with Gasteiger partial charge in [-0.2, -0.15) is 0 Å². The van der Waals surface area contributed by atoms with Crippen molar-refractivity contribution in [2.24, 2.45) is 0 Å². The largest absolute Gasteiger partial charge is 0.480 e. The lowest BCUT2D eigenvalue weighted by Gasteiger charge is -2.19. The molecule has 0 fully saturated rings. The molecule has 21 heavy (non-hydrogen) atoms. The van der Waals surface area contributed by atoms with Crippen molar-refractivity contribution in [2.45, 2.75) is 0 Å². The van der Waals surface area contributed by atoms with E-state index in [4.69, 9.17) is 11.5 Å². The van der Waals surface area contributed by atoms with E-state index in [0.29, 0.717) is 4.90 Å². The van der Waals surface area contributed by atoms with Crippen molar-refractivity contribution in [2.75, 3.05) is 18.4 Å². The van der Waals surface area contributed by atoms with E-state index in [1.165, 1.54) is 0 Å². The van der Waals surface area contributed by atoms with Crippen LogP contribution in [0.4, 0.5) is 28.0 Å². The first-order valence-corrected chi connectivity index (χ1v) is 5.32. The summed E-state index contributed by atoms with van der Waals surface area (Å²) in [6.45, 7) is -1.35. The number of nitrogens with zero attached hydrogens (tertiary/aromatic N) is 1. The number of amides is 2. The van der Waals surface area contributed by atoms with Crippen LogP contribution in [-0.4, -0.2) is 35.1 Å². The zero-order valence-electron chi connectivity index (χ0n) is 10.3. The van der Waals surface area contributed by atoms with Crippen LogP contribution in [0.3, 0.4) is 0 Å². The number of carbonyl (C=O) groups is 2. The fourth-order valence-corrected chi connectivity index (χ4v) is 1.34. The highest BCUT2D eigenvalue weighted by molar-refractivity contribution is 5.91. The Morgan fingerprint density at radius 2 is 1.76 bits per heavy atom. The summed E-state index contributed by atoms with van der Waals surface area (Å²) >= 11 is 0. The fourth-order valence-electron chi connectivity index (χ4n) is 1.34. The number of terminal acetylenes is 1. The molecule has 0 radical (unpaired) electrons. The molecule has 0 heterocycles. The Balaban J connectivity index is 3.07. The lowest BCUT2D eigenvalue weighted by molar-refractivity contribution is -0.137. The topological polar surface area (TPSA) is 69.6 Å². The molecule has 9 heteroatoms. The first-order valence-electron chi connectivity index (χ1n) is 5.32. The Hall–Kier alpha value is -2.76. The molecule has 0 saturated carbocycles. The second kappa shape index (κ2) is 6.60. The van der Waals surface area contributed by atoms with Crippen LogP contribution >= 0.6 is 0 Å². The minimum Gasteiger partial charge on any atom is -0.480 e. The molecule has 0 aliphatic heterocycles. The monoisotopic (exact) mass is 304 g/mol. The van der Waals surface area contributed by atoms with Crippen molar-refractivity contribution in [3.63, 3.8) is 0 Å². The summed E-state index contributed by atoms with van der Waals surface area (Å²) in [5.74, 6) is -6.56. The van der Waals surface area contributed by atoms with E-state index < -0.39 is 54.0 Å². The van der Waals surface area contributed by atoms with E-state index in [-0.39, 0.29) is 6.07 Å². The van der Waals surface area contributed by atoms with Crippen molar-refractivity contribution in [3.8, 4) is 12.3 Å².